The number of amides is 2. The first kappa shape index (κ1) is 19.3. The zero-order valence-corrected chi connectivity index (χ0v) is 17.0. The highest BCUT2D eigenvalue weighted by Crippen LogP contribution is 2.39. The Morgan fingerprint density at radius 1 is 1.24 bits per heavy atom. The van der Waals surface area contributed by atoms with Crippen molar-refractivity contribution in [3.05, 3.63) is 64.3 Å². The maximum absolute atomic E-state index is 12.9. The Morgan fingerprint density at radius 2 is 2.00 bits per heavy atom. The third kappa shape index (κ3) is 3.44. The van der Waals surface area contributed by atoms with Crippen LogP contribution in [0.3, 0.4) is 0 Å². The summed E-state index contributed by atoms with van der Waals surface area (Å²) in [5.74, 6) is -0.390. The van der Waals surface area contributed by atoms with Crippen LogP contribution in [-0.4, -0.2) is 41.9 Å². The molecule has 1 aliphatic heterocycles. The molecule has 6 nitrogen and oxygen atoms in total. The lowest BCUT2D eigenvalue weighted by Gasteiger charge is -2.35. The molecular weight excluding hydrogens is 390 g/mol. The third-order valence-corrected chi connectivity index (χ3v) is 5.55. The largest absolute Gasteiger partial charge is 0.497 e. The van der Waals surface area contributed by atoms with Crippen molar-refractivity contribution in [2.75, 3.05) is 20.2 Å². The van der Waals surface area contributed by atoms with Crippen LogP contribution in [0, 0.1) is 0 Å². The van der Waals surface area contributed by atoms with Crippen LogP contribution in [0.15, 0.2) is 42.5 Å². The minimum absolute atomic E-state index is 0.397. The molecule has 0 saturated carbocycles. The molecule has 2 heterocycles. The highest BCUT2D eigenvalue weighted by atomic mass is 35.5. The first-order chi connectivity index (χ1) is 14.0. The molecule has 1 aliphatic rings. The molecule has 0 radical (unpaired) electrons. The van der Waals surface area contributed by atoms with Gasteiger partial charge in [-0.15, -0.1) is 0 Å². The predicted molar refractivity (Wildman–Crippen MR) is 112 cm³/mol. The van der Waals surface area contributed by atoms with E-state index in [0.29, 0.717) is 24.5 Å². The van der Waals surface area contributed by atoms with E-state index < -0.39 is 17.9 Å². The normalized spacial score (nSPS) is 15.8. The third-order valence-electron chi connectivity index (χ3n) is 5.31. The number of likely N-dealkylation sites (N-methyl/N-ethyl adjacent to an activating group) is 1. The Balaban J connectivity index is 1.84. The van der Waals surface area contributed by atoms with Crippen LogP contribution in [0.5, 0.6) is 5.75 Å². The number of carbonyl (C=O) groups excluding carboxylic acids is 2. The van der Waals surface area contributed by atoms with Crippen molar-refractivity contribution in [3.8, 4) is 5.75 Å². The van der Waals surface area contributed by atoms with E-state index in [9.17, 15) is 9.59 Å². The molecule has 2 aromatic carbocycles. The second kappa shape index (κ2) is 7.79. The lowest BCUT2D eigenvalue weighted by Crippen LogP contribution is -2.47. The van der Waals surface area contributed by atoms with Gasteiger partial charge in [0.15, 0.2) is 0 Å². The molecule has 3 aromatic rings. The fourth-order valence-electron chi connectivity index (χ4n) is 3.98. The lowest BCUT2D eigenvalue weighted by atomic mass is 9.92. The molecule has 0 bridgehead atoms. The van der Waals surface area contributed by atoms with Gasteiger partial charge in [-0.2, -0.15) is 0 Å². The maximum Gasteiger partial charge on any atom is 0.312 e. The van der Waals surface area contributed by atoms with Crippen molar-refractivity contribution < 1.29 is 14.3 Å². The molecule has 4 rings (SSSR count). The Labute approximate surface area is 173 Å². The van der Waals surface area contributed by atoms with Gasteiger partial charge >= 0.3 is 11.8 Å². The number of halogens is 1. The van der Waals surface area contributed by atoms with Crippen LogP contribution >= 0.6 is 11.6 Å². The van der Waals surface area contributed by atoms with Gasteiger partial charge in [-0.05, 0) is 54.8 Å². The van der Waals surface area contributed by atoms with E-state index >= 15 is 0 Å². The van der Waals surface area contributed by atoms with Crippen molar-refractivity contribution in [2.45, 2.75) is 19.4 Å². The van der Waals surface area contributed by atoms with Crippen molar-refractivity contribution in [2.24, 2.45) is 0 Å². The number of hydrogen-bond donors (Lipinski definition) is 2. The van der Waals surface area contributed by atoms with Crippen molar-refractivity contribution >= 4 is 34.3 Å². The summed E-state index contributed by atoms with van der Waals surface area (Å²) >= 11 is 6.22. The molecule has 0 aliphatic carbocycles. The average molecular weight is 412 g/mol. The average Bonchev–Trinajstić information content (AvgIpc) is 3.10. The first-order valence-corrected chi connectivity index (χ1v) is 9.94. The smallest absolute Gasteiger partial charge is 0.312 e. The number of H-pyrrole nitrogens is 1. The quantitative estimate of drug-likeness (QED) is 0.648. The fraction of sp³-hybridized carbons (Fsp3) is 0.273. The summed E-state index contributed by atoms with van der Waals surface area (Å²) in [4.78, 5) is 30.3. The van der Waals surface area contributed by atoms with E-state index in [0.717, 1.165) is 33.5 Å². The molecule has 1 unspecified atom stereocenters. The fourth-order valence-corrected chi connectivity index (χ4v) is 4.15. The number of ether oxygens (including phenoxy) is 1. The molecule has 29 heavy (non-hydrogen) atoms. The molecule has 1 aromatic heterocycles. The van der Waals surface area contributed by atoms with Gasteiger partial charge in [-0.25, -0.2) is 0 Å². The number of fused-ring (bicyclic) bond motifs is 3. The molecule has 2 amide bonds. The van der Waals surface area contributed by atoms with Crippen LogP contribution in [-0.2, 0) is 16.0 Å². The van der Waals surface area contributed by atoms with Crippen LogP contribution in [0.2, 0.25) is 5.02 Å². The van der Waals surface area contributed by atoms with E-state index in [1.165, 1.54) is 0 Å². The molecule has 0 fully saturated rings. The molecule has 0 saturated heterocycles. The summed E-state index contributed by atoms with van der Waals surface area (Å²) in [7, 11) is 1.61. The topological polar surface area (TPSA) is 74.4 Å². The van der Waals surface area contributed by atoms with E-state index in [1.54, 1.807) is 18.9 Å². The summed E-state index contributed by atoms with van der Waals surface area (Å²) < 4.78 is 5.26. The predicted octanol–water partition coefficient (Wildman–Crippen LogP) is 3.44. The van der Waals surface area contributed by atoms with E-state index in [1.807, 2.05) is 42.5 Å². The minimum atomic E-state index is -0.589. The van der Waals surface area contributed by atoms with Crippen LogP contribution < -0.4 is 10.1 Å². The van der Waals surface area contributed by atoms with Gasteiger partial charge in [0.25, 0.3) is 0 Å². The Kier molecular flexibility index (Phi) is 5.20. The Hall–Kier alpha value is -2.99. The number of aromatic nitrogens is 1. The standard InChI is InChI=1S/C22H22ClN3O3/c1-3-24-21(27)22(28)26-11-10-16-17-12-14(23)6-9-18(17)25-19(16)20(26)13-4-7-15(29-2)8-5-13/h4-9,12,20,25H,3,10-11H2,1-2H3,(H,24,27). The van der Waals surface area contributed by atoms with Gasteiger partial charge in [0.1, 0.15) is 5.75 Å². The SMILES string of the molecule is CCNC(=O)C(=O)N1CCc2c([nH]c3ccc(Cl)cc23)C1c1ccc(OC)cc1. The molecular formula is C22H22ClN3O3. The summed E-state index contributed by atoms with van der Waals surface area (Å²) in [6, 6.07) is 12.9. The van der Waals surface area contributed by atoms with Gasteiger partial charge in [0.2, 0.25) is 0 Å². The van der Waals surface area contributed by atoms with E-state index in [-0.39, 0.29) is 0 Å². The highest BCUT2D eigenvalue weighted by Gasteiger charge is 2.36. The number of aromatic amines is 1. The zero-order valence-electron chi connectivity index (χ0n) is 16.3. The molecule has 2 N–H and O–H groups in total. The zero-order chi connectivity index (χ0) is 20.5. The van der Waals surface area contributed by atoms with Crippen molar-refractivity contribution in [3.63, 3.8) is 0 Å². The number of rotatable bonds is 3. The lowest BCUT2D eigenvalue weighted by molar-refractivity contribution is -0.147. The molecule has 150 valence electrons. The summed E-state index contributed by atoms with van der Waals surface area (Å²) in [6.45, 7) is 2.64. The monoisotopic (exact) mass is 411 g/mol. The number of methoxy groups -OCH3 is 1. The second-order valence-corrected chi connectivity index (χ2v) is 7.43. The number of nitrogens with one attached hydrogen (secondary N) is 2. The van der Waals surface area contributed by atoms with Crippen LogP contribution in [0.25, 0.3) is 10.9 Å². The first-order valence-electron chi connectivity index (χ1n) is 9.56. The van der Waals surface area contributed by atoms with Crippen molar-refractivity contribution in [1.29, 1.82) is 0 Å². The number of nitrogens with zero attached hydrogens (tertiary/aromatic N) is 1. The van der Waals surface area contributed by atoms with Crippen LogP contribution in [0.4, 0.5) is 0 Å². The highest BCUT2D eigenvalue weighted by molar-refractivity contribution is 6.35. The summed E-state index contributed by atoms with van der Waals surface area (Å²) in [5, 5.41) is 4.33. The van der Waals surface area contributed by atoms with E-state index in [2.05, 4.69) is 10.3 Å². The second-order valence-electron chi connectivity index (χ2n) is 6.99. The van der Waals surface area contributed by atoms with Gasteiger partial charge in [0.05, 0.1) is 13.2 Å². The Bertz CT molecular complexity index is 1070. The van der Waals surface area contributed by atoms with E-state index in [4.69, 9.17) is 16.3 Å². The van der Waals surface area contributed by atoms with Crippen molar-refractivity contribution in [1.82, 2.24) is 15.2 Å². The Morgan fingerprint density at radius 3 is 2.69 bits per heavy atom. The van der Waals surface area contributed by atoms with Gasteiger partial charge < -0.3 is 19.9 Å². The van der Waals surface area contributed by atoms with Crippen LogP contribution in [0.1, 0.15) is 29.8 Å². The van der Waals surface area contributed by atoms with Gasteiger partial charge in [-0.3, -0.25) is 9.59 Å². The molecule has 0 spiro atoms. The molecule has 7 heteroatoms. The minimum Gasteiger partial charge on any atom is -0.497 e. The molecule has 1 atom stereocenters. The number of benzene rings is 2. The van der Waals surface area contributed by atoms with Gasteiger partial charge in [0, 0.05) is 34.7 Å². The summed E-state index contributed by atoms with van der Waals surface area (Å²) in [6.07, 6.45) is 0.646. The number of hydrogen-bond acceptors (Lipinski definition) is 3. The maximum atomic E-state index is 12.9. The number of carbonyl (C=O) groups is 2. The summed E-state index contributed by atoms with van der Waals surface area (Å²) in [5.41, 5.74) is 3.91. The van der Waals surface area contributed by atoms with Gasteiger partial charge in [-0.1, -0.05) is 23.7 Å².